The van der Waals surface area contributed by atoms with Crippen molar-refractivity contribution < 1.29 is 4.74 Å². The molecule has 1 heterocycles. The number of nitrogens with zero attached hydrogens (tertiary/aromatic N) is 3. The maximum absolute atomic E-state index is 5.30. The molecule has 0 bridgehead atoms. The van der Waals surface area contributed by atoms with E-state index < -0.39 is 0 Å². The monoisotopic (exact) mass is 409 g/mol. The minimum absolute atomic E-state index is 0. The first-order chi connectivity index (χ1) is 9.86. The second-order valence-corrected chi connectivity index (χ2v) is 4.45. The fraction of sp³-hybridized carbons (Fsp3) is 0.714. The van der Waals surface area contributed by atoms with Gasteiger partial charge in [-0.15, -0.1) is 24.0 Å². The summed E-state index contributed by atoms with van der Waals surface area (Å²) < 4.78 is 7.24. The van der Waals surface area contributed by atoms with E-state index in [4.69, 9.17) is 4.74 Å². The van der Waals surface area contributed by atoms with Crippen LogP contribution in [0.4, 0.5) is 0 Å². The molecule has 0 atom stereocenters. The lowest BCUT2D eigenvalue weighted by atomic mass is 10.3. The molecule has 1 rings (SSSR count). The first-order valence-corrected chi connectivity index (χ1v) is 7.36. The molecule has 0 aliphatic carbocycles. The molecule has 1 aromatic heterocycles. The highest BCUT2D eigenvalue weighted by Gasteiger charge is 1.97. The number of hydrogen-bond donors (Lipinski definition) is 2. The van der Waals surface area contributed by atoms with Gasteiger partial charge in [-0.2, -0.15) is 5.10 Å². The van der Waals surface area contributed by atoms with E-state index in [2.05, 4.69) is 20.7 Å². The third kappa shape index (κ3) is 10.5. The first kappa shape index (κ1) is 20.2. The van der Waals surface area contributed by atoms with Gasteiger partial charge in [0.05, 0.1) is 0 Å². The van der Waals surface area contributed by atoms with Gasteiger partial charge >= 0.3 is 0 Å². The number of nitrogens with one attached hydrogen (secondary N) is 2. The highest BCUT2D eigenvalue weighted by atomic mass is 127. The van der Waals surface area contributed by atoms with Crippen LogP contribution in [0.25, 0.3) is 0 Å². The molecule has 21 heavy (non-hydrogen) atoms. The molecule has 122 valence electrons. The molecule has 7 heteroatoms. The zero-order valence-electron chi connectivity index (χ0n) is 13.0. The number of rotatable bonds is 10. The summed E-state index contributed by atoms with van der Waals surface area (Å²) in [4.78, 5) is 4.20. The Balaban J connectivity index is 0.00000400. The Morgan fingerprint density at radius 3 is 2.62 bits per heavy atom. The van der Waals surface area contributed by atoms with Crippen LogP contribution in [0, 0.1) is 0 Å². The van der Waals surface area contributed by atoms with Crippen molar-refractivity contribution >= 4 is 29.9 Å². The highest BCUT2D eigenvalue weighted by Crippen LogP contribution is 1.89. The van der Waals surface area contributed by atoms with Crippen molar-refractivity contribution in [3.8, 4) is 0 Å². The van der Waals surface area contributed by atoms with E-state index in [9.17, 15) is 0 Å². The van der Waals surface area contributed by atoms with Crippen molar-refractivity contribution in [1.29, 1.82) is 0 Å². The normalized spacial score (nSPS) is 11.0. The van der Waals surface area contributed by atoms with Crippen molar-refractivity contribution in [3.63, 3.8) is 0 Å². The number of ether oxygens (including phenoxy) is 1. The molecule has 0 aliphatic rings. The number of unbranched alkanes of at least 4 members (excludes halogenated alkanes) is 1. The maximum Gasteiger partial charge on any atom is 0.190 e. The van der Waals surface area contributed by atoms with E-state index in [0.29, 0.717) is 0 Å². The van der Waals surface area contributed by atoms with Crippen LogP contribution in [0.3, 0.4) is 0 Å². The topological polar surface area (TPSA) is 63.5 Å². The molecule has 0 radical (unpaired) electrons. The molecule has 0 amide bonds. The Morgan fingerprint density at radius 2 is 2.00 bits per heavy atom. The summed E-state index contributed by atoms with van der Waals surface area (Å²) in [7, 11) is 1.79. The Labute approximate surface area is 144 Å². The Hall–Kier alpha value is -0.830. The lowest BCUT2D eigenvalue weighted by Crippen LogP contribution is -2.38. The van der Waals surface area contributed by atoms with Gasteiger partial charge in [-0.1, -0.05) is 0 Å². The zero-order chi connectivity index (χ0) is 14.5. The maximum atomic E-state index is 5.30. The summed E-state index contributed by atoms with van der Waals surface area (Å²) in [6.07, 6.45) is 6.97. The molecular formula is C14H28IN5O. The van der Waals surface area contributed by atoms with Crippen LogP contribution in [0.15, 0.2) is 23.5 Å². The van der Waals surface area contributed by atoms with Gasteiger partial charge in [-0.05, 0) is 32.3 Å². The van der Waals surface area contributed by atoms with Gasteiger partial charge in [0, 0.05) is 52.3 Å². The van der Waals surface area contributed by atoms with Crippen molar-refractivity contribution in [1.82, 2.24) is 20.4 Å². The average molecular weight is 409 g/mol. The smallest absolute Gasteiger partial charge is 0.190 e. The number of guanidine groups is 1. The molecule has 6 nitrogen and oxygen atoms in total. The van der Waals surface area contributed by atoms with E-state index in [1.807, 2.05) is 23.9 Å². The third-order valence-corrected chi connectivity index (χ3v) is 2.85. The van der Waals surface area contributed by atoms with E-state index in [1.165, 1.54) is 0 Å². The van der Waals surface area contributed by atoms with Crippen LogP contribution in [-0.2, 0) is 11.3 Å². The van der Waals surface area contributed by atoms with Gasteiger partial charge in [0.1, 0.15) is 0 Å². The summed E-state index contributed by atoms with van der Waals surface area (Å²) in [5, 5.41) is 10.8. The lowest BCUT2D eigenvalue weighted by molar-refractivity contribution is 0.143. The fourth-order valence-corrected chi connectivity index (χ4v) is 1.78. The summed E-state index contributed by atoms with van der Waals surface area (Å²) >= 11 is 0. The second-order valence-electron chi connectivity index (χ2n) is 4.45. The third-order valence-electron chi connectivity index (χ3n) is 2.85. The average Bonchev–Trinajstić information content (AvgIpc) is 2.98. The number of aromatic nitrogens is 2. The summed E-state index contributed by atoms with van der Waals surface area (Å²) in [5.74, 6) is 0.863. The van der Waals surface area contributed by atoms with Gasteiger partial charge in [0.15, 0.2) is 5.96 Å². The van der Waals surface area contributed by atoms with Crippen molar-refractivity contribution in [2.75, 3.05) is 33.4 Å². The molecule has 0 unspecified atom stereocenters. The van der Waals surface area contributed by atoms with Crippen molar-refractivity contribution in [2.45, 2.75) is 32.7 Å². The van der Waals surface area contributed by atoms with Crippen LogP contribution >= 0.6 is 24.0 Å². The molecule has 0 saturated carbocycles. The molecule has 0 fully saturated rings. The molecule has 0 aromatic carbocycles. The largest absolute Gasteiger partial charge is 0.382 e. The Kier molecular flexibility index (Phi) is 13.6. The number of aryl methyl sites for hydroxylation is 1. The van der Waals surface area contributed by atoms with Gasteiger partial charge in [0.25, 0.3) is 0 Å². The van der Waals surface area contributed by atoms with Crippen molar-refractivity contribution in [2.24, 2.45) is 4.99 Å². The lowest BCUT2D eigenvalue weighted by Gasteiger charge is -2.11. The van der Waals surface area contributed by atoms with E-state index in [1.54, 1.807) is 13.2 Å². The first-order valence-electron chi connectivity index (χ1n) is 7.36. The van der Waals surface area contributed by atoms with Crippen LogP contribution in [0.2, 0.25) is 0 Å². The van der Waals surface area contributed by atoms with Gasteiger partial charge < -0.3 is 15.4 Å². The van der Waals surface area contributed by atoms with Gasteiger partial charge in [-0.3, -0.25) is 9.67 Å². The predicted molar refractivity (Wildman–Crippen MR) is 97.4 cm³/mol. The van der Waals surface area contributed by atoms with E-state index >= 15 is 0 Å². The summed E-state index contributed by atoms with van der Waals surface area (Å²) in [6, 6.07) is 1.94. The van der Waals surface area contributed by atoms with Crippen LogP contribution < -0.4 is 10.6 Å². The van der Waals surface area contributed by atoms with Crippen LogP contribution in [0.5, 0.6) is 0 Å². The molecule has 0 aliphatic heterocycles. The SMILES string of the molecule is CCOCCCCNC(=NC)NCCCn1cccn1.I. The number of halogens is 1. The molecular weight excluding hydrogens is 381 g/mol. The fourth-order valence-electron chi connectivity index (χ4n) is 1.78. The zero-order valence-corrected chi connectivity index (χ0v) is 15.4. The minimum Gasteiger partial charge on any atom is -0.382 e. The van der Waals surface area contributed by atoms with Gasteiger partial charge in [0.2, 0.25) is 0 Å². The molecule has 0 saturated heterocycles. The molecule has 2 N–H and O–H groups in total. The minimum atomic E-state index is 0. The Morgan fingerprint density at radius 1 is 1.24 bits per heavy atom. The van der Waals surface area contributed by atoms with Crippen LogP contribution in [0.1, 0.15) is 26.2 Å². The summed E-state index contributed by atoms with van der Waals surface area (Å²) in [5.41, 5.74) is 0. The molecule has 1 aromatic rings. The second kappa shape index (κ2) is 14.1. The number of hydrogen-bond acceptors (Lipinski definition) is 3. The van der Waals surface area contributed by atoms with Crippen molar-refractivity contribution in [3.05, 3.63) is 18.5 Å². The molecule has 0 spiro atoms. The summed E-state index contributed by atoms with van der Waals surface area (Å²) in [6.45, 7) is 6.39. The standard InChI is InChI=1S/C14H27N5O.HI/c1-3-20-13-5-4-8-16-14(15-2)17-9-6-11-19-12-7-10-18-19;/h7,10,12H,3-6,8-9,11,13H2,1-2H3,(H2,15,16,17);1H. The van der Waals surface area contributed by atoms with E-state index in [-0.39, 0.29) is 24.0 Å². The predicted octanol–water partition coefficient (Wildman–Crippen LogP) is 1.87. The van der Waals surface area contributed by atoms with Gasteiger partial charge in [-0.25, -0.2) is 0 Å². The van der Waals surface area contributed by atoms with Crippen LogP contribution in [-0.4, -0.2) is 49.1 Å². The highest BCUT2D eigenvalue weighted by molar-refractivity contribution is 14.0. The number of aliphatic imine (C=N–C) groups is 1. The quantitative estimate of drug-likeness (QED) is 0.268. The Bertz CT molecular complexity index is 356. The van der Waals surface area contributed by atoms with E-state index in [0.717, 1.165) is 58.1 Å².